The molecule has 6 nitrogen and oxygen atoms in total. The van der Waals surface area contributed by atoms with Crippen LogP contribution in [0.15, 0.2) is 29.2 Å². The fraction of sp³-hybridized carbons (Fsp3) is 0.476. The number of nitrogens with zero attached hydrogens (tertiary/aromatic N) is 2. The molecule has 0 aromatic heterocycles. The van der Waals surface area contributed by atoms with Gasteiger partial charge in [0.1, 0.15) is 4.32 Å². The Bertz CT molecular complexity index is 774. The maximum atomic E-state index is 12.7. The van der Waals surface area contributed by atoms with Crippen molar-refractivity contribution < 1.29 is 14.3 Å². The Labute approximate surface area is 181 Å². The molecule has 8 heteroatoms. The predicted molar refractivity (Wildman–Crippen MR) is 120 cm³/mol. The summed E-state index contributed by atoms with van der Waals surface area (Å²) in [6.07, 6.45) is 4.89. The number of rotatable bonds is 8. The SMILES string of the molecule is Cc1ccc(C=C2SC(=S)N(CCCCCC(=O)NN3CCOCC3)C2=O)cc1. The fourth-order valence-electron chi connectivity index (χ4n) is 3.15. The number of nitrogens with one attached hydrogen (secondary N) is 1. The third kappa shape index (κ3) is 6.64. The summed E-state index contributed by atoms with van der Waals surface area (Å²) in [5.74, 6) is 0.0178. The second kappa shape index (κ2) is 10.9. The number of aryl methyl sites for hydroxylation is 1. The van der Waals surface area contributed by atoms with Crippen LogP contribution in [0, 0.1) is 6.92 Å². The van der Waals surface area contributed by atoms with Crippen LogP contribution in [0.4, 0.5) is 0 Å². The zero-order valence-corrected chi connectivity index (χ0v) is 18.3. The van der Waals surface area contributed by atoms with Gasteiger partial charge in [0, 0.05) is 26.1 Å². The van der Waals surface area contributed by atoms with Crippen molar-refractivity contribution in [3.8, 4) is 0 Å². The van der Waals surface area contributed by atoms with Crippen LogP contribution >= 0.6 is 24.0 Å². The van der Waals surface area contributed by atoms with Gasteiger partial charge in [0.15, 0.2) is 0 Å². The van der Waals surface area contributed by atoms with Crippen LogP contribution in [0.3, 0.4) is 0 Å². The number of benzene rings is 1. The van der Waals surface area contributed by atoms with E-state index < -0.39 is 0 Å². The molecule has 0 unspecified atom stereocenters. The molecule has 156 valence electrons. The summed E-state index contributed by atoms with van der Waals surface area (Å²) in [7, 11) is 0. The second-order valence-electron chi connectivity index (χ2n) is 7.19. The molecule has 2 aliphatic rings. The van der Waals surface area contributed by atoms with Gasteiger partial charge in [-0.25, -0.2) is 5.01 Å². The summed E-state index contributed by atoms with van der Waals surface area (Å²) in [5, 5.41) is 1.91. The maximum absolute atomic E-state index is 12.7. The normalized spacial score (nSPS) is 19.2. The molecule has 2 heterocycles. The van der Waals surface area contributed by atoms with Crippen LogP contribution in [0.5, 0.6) is 0 Å². The van der Waals surface area contributed by atoms with Gasteiger partial charge in [-0.2, -0.15) is 0 Å². The van der Waals surface area contributed by atoms with Crippen molar-refractivity contribution in [2.45, 2.75) is 32.6 Å². The van der Waals surface area contributed by atoms with Crippen molar-refractivity contribution in [1.82, 2.24) is 15.3 Å². The summed E-state index contributed by atoms with van der Waals surface area (Å²) in [5.41, 5.74) is 5.11. The number of thioether (sulfide) groups is 1. The standard InChI is InChI=1S/C21H27N3O3S2/c1-16-6-8-17(9-7-16)15-18-20(26)24(21(28)29-18)10-4-2-3-5-19(25)22-23-11-13-27-14-12-23/h6-9,15H,2-5,10-14H2,1H3,(H,22,25). The van der Waals surface area contributed by atoms with Crippen LogP contribution < -0.4 is 5.43 Å². The van der Waals surface area contributed by atoms with Gasteiger partial charge in [-0.15, -0.1) is 0 Å². The molecule has 2 aliphatic heterocycles. The Morgan fingerprint density at radius 3 is 2.66 bits per heavy atom. The molecule has 1 aromatic rings. The van der Waals surface area contributed by atoms with E-state index in [2.05, 4.69) is 5.43 Å². The molecule has 1 N–H and O–H groups in total. The quantitative estimate of drug-likeness (QED) is 0.386. The summed E-state index contributed by atoms with van der Waals surface area (Å²) in [4.78, 5) is 27.0. The molecule has 0 atom stereocenters. The largest absolute Gasteiger partial charge is 0.379 e. The van der Waals surface area contributed by atoms with Gasteiger partial charge < -0.3 is 4.74 Å². The highest BCUT2D eigenvalue weighted by molar-refractivity contribution is 8.26. The second-order valence-corrected chi connectivity index (χ2v) is 8.86. The first-order valence-electron chi connectivity index (χ1n) is 9.97. The van der Waals surface area contributed by atoms with E-state index in [0.29, 0.717) is 35.4 Å². The zero-order valence-electron chi connectivity index (χ0n) is 16.7. The van der Waals surface area contributed by atoms with Gasteiger partial charge in [0.25, 0.3) is 5.91 Å². The number of hydrogen-bond acceptors (Lipinski definition) is 6. The first-order valence-corrected chi connectivity index (χ1v) is 11.2. The molecular weight excluding hydrogens is 406 g/mol. The minimum atomic E-state index is -0.0226. The molecule has 0 radical (unpaired) electrons. The highest BCUT2D eigenvalue weighted by Gasteiger charge is 2.31. The van der Waals surface area contributed by atoms with Crippen LogP contribution in [0.2, 0.25) is 0 Å². The Balaban J connectivity index is 1.38. The predicted octanol–water partition coefficient (Wildman–Crippen LogP) is 3.12. The van der Waals surface area contributed by atoms with Crippen molar-refractivity contribution in [2.24, 2.45) is 0 Å². The molecule has 0 bridgehead atoms. The number of ether oxygens (including phenoxy) is 1. The molecule has 29 heavy (non-hydrogen) atoms. The van der Waals surface area contributed by atoms with E-state index >= 15 is 0 Å². The molecular formula is C21H27N3O3S2. The van der Waals surface area contributed by atoms with Gasteiger partial charge in [-0.3, -0.25) is 19.9 Å². The van der Waals surface area contributed by atoms with Crippen molar-refractivity contribution >= 4 is 46.2 Å². The third-order valence-corrected chi connectivity index (χ3v) is 6.21. The highest BCUT2D eigenvalue weighted by Crippen LogP contribution is 2.32. The molecule has 0 aliphatic carbocycles. The number of thiocarbonyl (C=S) groups is 1. The lowest BCUT2D eigenvalue weighted by Crippen LogP contribution is -2.48. The average Bonchev–Trinajstić information content (AvgIpc) is 2.97. The van der Waals surface area contributed by atoms with Gasteiger partial charge >= 0.3 is 0 Å². The Morgan fingerprint density at radius 2 is 1.93 bits per heavy atom. The Kier molecular flexibility index (Phi) is 8.23. The van der Waals surface area contributed by atoms with Crippen molar-refractivity contribution in [3.63, 3.8) is 0 Å². The summed E-state index contributed by atoms with van der Waals surface area (Å²) in [6.45, 7) is 5.41. The van der Waals surface area contributed by atoms with E-state index in [1.807, 2.05) is 42.3 Å². The van der Waals surface area contributed by atoms with Gasteiger partial charge in [0.2, 0.25) is 5.91 Å². The lowest BCUT2D eigenvalue weighted by atomic mass is 10.1. The third-order valence-electron chi connectivity index (χ3n) is 4.83. The topological polar surface area (TPSA) is 61.9 Å². The molecule has 0 saturated carbocycles. The van der Waals surface area contributed by atoms with Gasteiger partial charge in [-0.1, -0.05) is 60.2 Å². The summed E-state index contributed by atoms with van der Waals surface area (Å²) < 4.78 is 5.87. The zero-order chi connectivity index (χ0) is 20.6. The van der Waals surface area contributed by atoms with E-state index in [1.54, 1.807) is 4.90 Å². The number of hydrogen-bond donors (Lipinski definition) is 1. The first-order chi connectivity index (χ1) is 14.0. The van der Waals surface area contributed by atoms with E-state index in [1.165, 1.54) is 17.3 Å². The first kappa shape index (κ1) is 22.0. The smallest absolute Gasteiger partial charge is 0.266 e. The number of hydrazine groups is 1. The average molecular weight is 434 g/mol. The molecule has 2 fully saturated rings. The van der Waals surface area contributed by atoms with E-state index in [4.69, 9.17) is 17.0 Å². The highest BCUT2D eigenvalue weighted by atomic mass is 32.2. The minimum absolute atomic E-state index is 0.0226. The van der Waals surface area contributed by atoms with Gasteiger partial charge in [0.05, 0.1) is 18.1 Å². The number of carbonyl (C=O) groups excluding carboxylic acids is 2. The lowest BCUT2D eigenvalue weighted by molar-refractivity contribution is -0.128. The van der Waals surface area contributed by atoms with Crippen molar-refractivity contribution in [1.29, 1.82) is 0 Å². The van der Waals surface area contributed by atoms with Crippen LogP contribution in [0.1, 0.15) is 36.8 Å². The van der Waals surface area contributed by atoms with Crippen LogP contribution in [-0.4, -0.2) is 58.9 Å². The Morgan fingerprint density at radius 1 is 1.21 bits per heavy atom. The van der Waals surface area contributed by atoms with Crippen LogP contribution in [-0.2, 0) is 14.3 Å². The molecule has 2 saturated heterocycles. The van der Waals surface area contributed by atoms with Crippen LogP contribution in [0.25, 0.3) is 6.08 Å². The molecule has 0 spiro atoms. The van der Waals surface area contributed by atoms with E-state index in [-0.39, 0.29) is 11.8 Å². The van der Waals surface area contributed by atoms with Crippen molar-refractivity contribution in [3.05, 3.63) is 40.3 Å². The summed E-state index contributed by atoms with van der Waals surface area (Å²) in [6, 6.07) is 8.07. The lowest BCUT2D eigenvalue weighted by Gasteiger charge is -2.26. The van der Waals surface area contributed by atoms with Crippen molar-refractivity contribution in [2.75, 3.05) is 32.8 Å². The number of morpholine rings is 1. The maximum Gasteiger partial charge on any atom is 0.266 e. The number of amides is 2. The number of carbonyl (C=O) groups is 2. The van der Waals surface area contributed by atoms with E-state index in [9.17, 15) is 9.59 Å². The van der Waals surface area contributed by atoms with Gasteiger partial charge in [-0.05, 0) is 31.4 Å². The fourth-order valence-corrected chi connectivity index (χ4v) is 4.46. The molecule has 3 rings (SSSR count). The Hall–Kier alpha value is -1.74. The van der Waals surface area contributed by atoms with E-state index in [0.717, 1.165) is 37.9 Å². The monoisotopic (exact) mass is 433 g/mol. The molecule has 2 amide bonds. The number of unbranched alkanes of at least 4 members (excludes halogenated alkanes) is 2. The molecule has 1 aromatic carbocycles. The summed E-state index contributed by atoms with van der Waals surface area (Å²) >= 11 is 6.75. The minimum Gasteiger partial charge on any atom is -0.379 e.